The molecule has 162 valence electrons. The second-order valence-corrected chi connectivity index (χ2v) is 10.4. The summed E-state index contributed by atoms with van der Waals surface area (Å²) in [5.41, 5.74) is 3.65. The normalized spacial score (nSPS) is 15.2. The fourth-order valence-electron chi connectivity index (χ4n) is 3.48. The van der Waals surface area contributed by atoms with E-state index in [4.69, 9.17) is 0 Å². The van der Waals surface area contributed by atoms with Crippen molar-refractivity contribution >= 4 is 27.3 Å². The number of carbonyl (C=O) groups is 1. The maximum absolute atomic E-state index is 13.0. The predicted molar refractivity (Wildman–Crippen MR) is 120 cm³/mol. The summed E-state index contributed by atoms with van der Waals surface area (Å²) in [4.78, 5) is 23.4. The Bertz CT molecular complexity index is 1180. The summed E-state index contributed by atoms with van der Waals surface area (Å²) < 4.78 is 27.4. The van der Waals surface area contributed by atoms with Gasteiger partial charge in [0.1, 0.15) is 5.01 Å². The largest absolute Gasteiger partial charge is 0.340 e. The van der Waals surface area contributed by atoms with Crippen molar-refractivity contribution in [2.24, 2.45) is 0 Å². The highest BCUT2D eigenvalue weighted by atomic mass is 32.2. The number of thiazole rings is 1. The minimum atomic E-state index is -3.56. The van der Waals surface area contributed by atoms with Gasteiger partial charge >= 0.3 is 0 Å². The van der Waals surface area contributed by atoms with Crippen molar-refractivity contribution in [1.82, 2.24) is 19.2 Å². The molecule has 1 saturated heterocycles. The smallest absolute Gasteiger partial charge is 0.243 e. The molecule has 7 nitrogen and oxygen atoms in total. The van der Waals surface area contributed by atoms with E-state index in [1.54, 1.807) is 29.4 Å². The molecule has 1 aliphatic heterocycles. The van der Waals surface area contributed by atoms with Crippen LogP contribution in [0.3, 0.4) is 0 Å². The van der Waals surface area contributed by atoms with Gasteiger partial charge in [-0.1, -0.05) is 6.07 Å². The zero-order chi connectivity index (χ0) is 22.0. The van der Waals surface area contributed by atoms with E-state index in [9.17, 15) is 13.2 Å². The van der Waals surface area contributed by atoms with Crippen LogP contribution in [-0.4, -0.2) is 59.7 Å². The van der Waals surface area contributed by atoms with Gasteiger partial charge in [-0.2, -0.15) is 4.31 Å². The Hall–Kier alpha value is -2.62. The van der Waals surface area contributed by atoms with Crippen molar-refractivity contribution in [3.63, 3.8) is 0 Å². The van der Waals surface area contributed by atoms with E-state index in [0.29, 0.717) is 31.1 Å². The number of carbonyl (C=O) groups excluding carboxylic acids is 1. The Balaban J connectivity index is 1.37. The number of hydrogen-bond donors (Lipinski definition) is 0. The van der Waals surface area contributed by atoms with Gasteiger partial charge in [-0.15, -0.1) is 11.3 Å². The van der Waals surface area contributed by atoms with Gasteiger partial charge in [0.05, 0.1) is 17.0 Å². The van der Waals surface area contributed by atoms with Crippen LogP contribution in [0.2, 0.25) is 0 Å². The summed E-state index contributed by atoms with van der Waals surface area (Å²) in [6.07, 6.45) is 3.67. The van der Waals surface area contributed by atoms with Gasteiger partial charge < -0.3 is 4.90 Å². The quantitative estimate of drug-likeness (QED) is 0.590. The molecule has 4 rings (SSSR count). The third kappa shape index (κ3) is 4.68. The number of sulfonamides is 1. The first-order chi connectivity index (χ1) is 14.8. The minimum Gasteiger partial charge on any atom is -0.340 e. The Morgan fingerprint density at radius 1 is 1.10 bits per heavy atom. The van der Waals surface area contributed by atoms with Gasteiger partial charge in [-0.05, 0) is 49.2 Å². The second kappa shape index (κ2) is 8.86. The van der Waals surface area contributed by atoms with Gasteiger partial charge in [0.2, 0.25) is 15.9 Å². The summed E-state index contributed by atoms with van der Waals surface area (Å²) in [5, 5.41) is 2.72. The minimum absolute atomic E-state index is 0.0359. The number of amides is 1. The molecule has 0 bridgehead atoms. The lowest BCUT2D eigenvalue weighted by molar-refractivity contribution is -0.131. The maximum Gasteiger partial charge on any atom is 0.243 e. The van der Waals surface area contributed by atoms with E-state index in [1.807, 2.05) is 37.4 Å². The van der Waals surface area contributed by atoms with Crippen molar-refractivity contribution in [3.8, 4) is 10.6 Å². The lowest BCUT2D eigenvalue weighted by Gasteiger charge is -2.34. The molecular formula is C22H24N4O3S2. The summed E-state index contributed by atoms with van der Waals surface area (Å²) in [6.45, 7) is 5.20. The molecular weight excluding hydrogens is 432 g/mol. The van der Waals surface area contributed by atoms with Crippen LogP contribution in [-0.2, 0) is 21.2 Å². The molecule has 0 radical (unpaired) electrons. The molecule has 3 heterocycles. The molecule has 0 saturated carbocycles. The van der Waals surface area contributed by atoms with Gasteiger partial charge in [-0.25, -0.2) is 13.4 Å². The molecule has 1 aromatic carbocycles. The highest BCUT2D eigenvalue weighted by Crippen LogP contribution is 2.24. The Morgan fingerprint density at radius 3 is 2.55 bits per heavy atom. The first kappa shape index (κ1) is 21.6. The van der Waals surface area contributed by atoms with Gasteiger partial charge in [-0.3, -0.25) is 9.78 Å². The van der Waals surface area contributed by atoms with E-state index in [0.717, 1.165) is 27.4 Å². The lowest BCUT2D eigenvalue weighted by Crippen LogP contribution is -2.50. The summed E-state index contributed by atoms with van der Waals surface area (Å²) in [5.74, 6) is -0.0359. The molecule has 31 heavy (non-hydrogen) atoms. The van der Waals surface area contributed by atoms with Crippen LogP contribution in [0.1, 0.15) is 16.8 Å². The molecule has 2 aromatic heterocycles. The highest BCUT2D eigenvalue weighted by molar-refractivity contribution is 7.89. The molecule has 1 amide bonds. The number of nitrogens with zero attached hydrogens (tertiary/aromatic N) is 4. The molecule has 1 fully saturated rings. The number of hydrogen-bond acceptors (Lipinski definition) is 6. The Morgan fingerprint density at radius 2 is 1.87 bits per heavy atom. The van der Waals surface area contributed by atoms with E-state index >= 15 is 0 Å². The first-order valence-electron chi connectivity index (χ1n) is 10.0. The molecule has 0 spiro atoms. The van der Waals surface area contributed by atoms with Crippen LogP contribution in [0.15, 0.2) is 53.0 Å². The SMILES string of the molecule is Cc1ccc(S(=O)(=O)N2CCN(C(=O)Cc3csc(-c4cccnc4)n3)CC2)cc1C. The number of benzene rings is 1. The number of aryl methyl sites for hydroxylation is 2. The van der Waals surface area contributed by atoms with Crippen LogP contribution >= 0.6 is 11.3 Å². The Labute approximate surface area is 186 Å². The summed E-state index contributed by atoms with van der Waals surface area (Å²) in [7, 11) is -3.56. The van der Waals surface area contributed by atoms with Crippen LogP contribution in [0.5, 0.6) is 0 Å². The van der Waals surface area contributed by atoms with Crippen molar-refractivity contribution in [2.45, 2.75) is 25.2 Å². The third-order valence-corrected chi connectivity index (χ3v) is 8.33. The van der Waals surface area contributed by atoms with Crippen molar-refractivity contribution in [1.29, 1.82) is 0 Å². The molecule has 0 unspecified atom stereocenters. The molecule has 0 aliphatic carbocycles. The molecule has 0 N–H and O–H groups in total. The lowest BCUT2D eigenvalue weighted by atomic mass is 10.1. The molecule has 3 aromatic rings. The summed E-state index contributed by atoms with van der Waals surface area (Å²) in [6, 6.07) is 8.98. The van der Waals surface area contributed by atoms with Gasteiger partial charge in [0.15, 0.2) is 0 Å². The van der Waals surface area contributed by atoms with E-state index in [1.165, 1.54) is 15.6 Å². The van der Waals surface area contributed by atoms with E-state index in [-0.39, 0.29) is 12.3 Å². The maximum atomic E-state index is 13.0. The van der Waals surface area contributed by atoms with Crippen LogP contribution in [0, 0.1) is 13.8 Å². The number of piperazine rings is 1. The fourth-order valence-corrected chi connectivity index (χ4v) is 5.80. The van der Waals surface area contributed by atoms with Gasteiger partial charge in [0.25, 0.3) is 0 Å². The van der Waals surface area contributed by atoms with Crippen molar-refractivity contribution < 1.29 is 13.2 Å². The van der Waals surface area contributed by atoms with Crippen molar-refractivity contribution in [3.05, 3.63) is 64.9 Å². The number of aromatic nitrogens is 2. The van der Waals surface area contributed by atoms with Crippen molar-refractivity contribution in [2.75, 3.05) is 26.2 Å². The zero-order valence-corrected chi connectivity index (χ0v) is 19.1. The van der Waals surface area contributed by atoms with E-state index < -0.39 is 10.0 Å². The summed E-state index contributed by atoms with van der Waals surface area (Å²) >= 11 is 1.49. The predicted octanol–water partition coefficient (Wildman–Crippen LogP) is 2.90. The van der Waals surface area contributed by atoms with Crippen LogP contribution in [0.4, 0.5) is 0 Å². The Kier molecular flexibility index (Phi) is 6.17. The number of rotatable bonds is 5. The topological polar surface area (TPSA) is 83.5 Å². The van der Waals surface area contributed by atoms with Crippen LogP contribution < -0.4 is 0 Å². The van der Waals surface area contributed by atoms with Gasteiger partial charge in [0, 0.05) is 49.5 Å². The molecule has 1 aliphatic rings. The third-order valence-electron chi connectivity index (χ3n) is 5.50. The molecule has 9 heteroatoms. The average Bonchev–Trinajstić information content (AvgIpc) is 3.24. The average molecular weight is 457 g/mol. The van der Waals surface area contributed by atoms with Crippen LogP contribution in [0.25, 0.3) is 10.6 Å². The number of pyridine rings is 1. The standard InChI is InChI=1S/C22H24N4O3S2/c1-16-5-6-20(12-17(16)2)31(28,29)26-10-8-25(9-11-26)21(27)13-19-15-30-22(24-19)18-4-3-7-23-14-18/h3-7,12,14-15H,8-11,13H2,1-2H3. The zero-order valence-electron chi connectivity index (χ0n) is 17.5. The van der Waals surface area contributed by atoms with E-state index in [2.05, 4.69) is 9.97 Å². The highest BCUT2D eigenvalue weighted by Gasteiger charge is 2.30. The first-order valence-corrected chi connectivity index (χ1v) is 12.4. The second-order valence-electron chi connectivity index (χ2n) is 7.59. The molecule has 0 atom stereocenters. The monoisotopic (exact) mass is 456 g/mol. The fraction of sp³-hybridized carbons (Fsp3) is 0.318.